The van der Waals surface area contributed by atoms with Gasteiger partial charge in [-0.15, -0.1) is 0 Å². The van der Waals surface area contributed by atoms with E-state index in [0.29, 0.717) is 0 Å². The standard InChI is InChI=1S/C13H20N2O6/c1-4-20-11(18)13(15-9(3)16,12(19)21-5-2)7-6-10(17)8-14/h10,17H,4-7H2,1-3H3,(H,15,16)/t10-/m0/s1. The number of carbonyl (C=O) groups is 3. The number of ether oxygens (including phenoxy) is 2. The summed E-state index contributed by atoms with van der Waals surface area (Å²) < 4.78 is 9.65. The van der Waals surface area contributed by atoms with Crippen molar-refractivity contribution in [2.24, 2.45) is 0 Å². The zero-order valence-corrected chi connectivity index (χ0v) is 12.3. The Labute approximate surface area is 123 Å². The number of rotatable bonds is 8. The SMILES string of the molecule is CCOC(=O)C(CC[C@H](O)C#N)(NC(C)=O)C(=O)OCC. The maximum atomic E-state index is 12.1. The summed E-state index contributed by atoms with van der Waals surface area (Å²) in [6.07, 6.45) is -1.88. The Balaban J connectivity index is 5.49. The third-order valence-electron chi connectivity index (χ3n) is 2.58. The third-order valence-corrected chi connectivity index (χ3v) is 2.58. The lowest BCUT2D eigenvalue weighted by molar-refractivity contribution is -0.168. The third kappa shape index (κ3) is 5.39. The minimum absolute atomic E-state index is 0.000374. The van der Waals surface area contributed by atoms with Crippen molar-refractivity contribution in [1.82, 2.24) is 5.32 Å². The van der Waals surface area contributed by atoms with Crippen LogP contribution in [0, 0.1) is 11.3 Å². The van der Waals surface area contributed by atoms with Gasteiger partial charge in [-0.3, -0.25) is 4.79 Å². The molecule has 0 aliphatic carbocycles. The maximum absolute atomic E-state index is 12.1. The monoisotopic (exact) mass is 300 g/mol. The molecule has 0 aromatic rings. The molecule has 1 atom stereocenters. The molecule has 0 spiro atoms. The van der Waals surface area contributed by atoms with Gasteiger partial charge in [0, 0.05) is 6.92 Å². The maximum Gasteiger partial charge on any atom is 0.343 e. The molecule has 0 saturated carbocycles. The van der Waals surface area contributed by atoms with E-state index in [-0.39, 0.29) is 26.1 Å². The second-order valence-electron chi connectivity index (χ2n) is 4.21. The Morgan fingerprint density at radius 1 is 1.24 bits per heavy atom. The summed E-state index contributed by atoms with van der Waals surface area (Å²) in [7, 11) is 0. The molecule has 0 aromatic carbocycles. The predicted octanol–water partition coefficient (Wildman–Crippen LogP) is -0.348. The second kappa shape index (κ2) is 8.92. The highest BCUT2D eigenvalue weighted by atomic mass is 16.6. The number of amides is 1. The number of esters is 2. The van der Waals surface area contributed by atoms with Gasteiger partial charge in [0.25, 0.3) is 0 Å². The zero-order valence-electron chi connectivity index (χ0n) is 12.3. The van der Waals surface area contributed by atoms with Crippen LogP contribution in [0.4, 0.5) is 0 Å². The number of nitrogens with one attached hydrogen (secondary N) is 1. The molecule has 0 unspecified atom stereocenters. The summed E-state index contributed by atoms with van der Waals surface area (Å²) >= 11 is 0. The van der Waals surface area contributed by atoms with Crippen molar-refractivity contribution in [2.75, 3.05) is 13.2 Å². The molecule has 1 amide bonds. The van der Waals surface area contributed by atoms with Crippen LogP contribution < -0.4 is 5.32 Å². The smallest absolute Gasteiger partial charge is 0.343 e. The molecule has 0 fully saturated rings. The average Bonchev–Trinajstić information content (AvgIpc) is 2.42. The first-order valence-electron chi connectivity index (χ1n) is 6.54. The lowest BCUT2D eigenvalue weighted by Gasteiger charge is -2.29. The summed E-state index contributed by atoms with van der Waals surface area (Å²) in [6.45, 7) is 4.23. The molecule has 0 aliphatic heterocycles. The van der Waals surface area contributed by atoms with Gasteiger partial charge in [0.15, 0.2) is 0 Å². The largest absolute Gasteiger partial charge is 0.464 e. The summed E-state index contributed by atoms with van der Waals surface area (Å²) in [6, 6.07) is 1.57. The van der Waals surface area contributed by atoms with Gasteiger partial charge in [-0.25, -0.2) is 9.59 Å². The van der Waals surface area contributed by atoms with Crippen molar-refractivity contribution in [3.63, 3.8) is 0 Å². The molecule has 0 bridgehead atoms. The van der Waals surface area contributed by atoms with E-state index in [1.165, 1.54) is 0 Å². The second-order valence-corrected chi connectivity index (χ2v) is 4.21. The van der Waals surface area contributed by atoms with Crippen LogP contribution in [0.3, 0.4) is 0 Å². The molecule has 0 heterocycles. The lowest BCUT2D eigenvalue weighted by atomic mass is 9.91. The van der Waals surface area contributed by atoms with Crippen molar-refractivity contribution in [3.8, 4) is 6.07 Å². The Morgan fingerprint density at radius 2 is 1.71 bits per heavy atom. The molecule has 0 radical (unpaired) electrons. The van der Waals surface area contributed by atoms with Gasteiger partial charge in [0.2, 0.25) is 11.4 Å². The van der Waals surface area contributed by atoms with Crippen LogP contribution >= 0.6 is 0 Å². The molecule has 8 heteroatoms. The van der Waals surface area contributed by atoms with E-state index in [4.69, 9.17) is 14.7 Å². The average molecular weight is 300 g/mol. The molecular weight excluding hydrogens is 280 g/mol. The summed E-state index contributed by atoms with van der Waals surface area (Å²) in [5, 5.41) is 20.1. The van der Waals surface area contributed by atoms with Gasteiger partial charge < -0.3 is 19.9 Å². The van der Waals surface area contributed by atoms with Crippen molar-refractivity contribution >= 4 is 17.8 Å². The number of hydrogen-bond acceptors (Lipinski definition) is 7. The minimum Gasteiger partial charge on any atom is -0.464 e. The van der Waals surface area contributed by atoms with Crippen LogP contribution in [-0.2, 0) is 23.9 Å². The Morgan fingerprint density at radius 3 is 2.05 bits per heavy atom. The van der Waals surface area contributed by atoms with Gasteiger partial charge in [-0.2, -0.15) is 5.26 Å². The summed E-state index contributed by atoms with van der Waals surface area (Å²) in [5.74, 6) is -2.60. The molecule has 21 heavy (non-hydrogen) atoms. The normalized spacial score (nSPS) is 12.0. The zero-order chi connectivity index (χ0) is 16.5. The molecule has 0 rings (SSSR count). The van der Waals surface area contributed by atoms with E-state index in [0.717, 1.165) is 6.92 Å². The lowest BCUT2D eigenvalue weighted by Crippen LogP contribution is -2.61. The predicted molar refractivity (Wildman–Crippen MR) is 70.7 cm³/mol. The van der Waals surface area contributed by atoms with Crippen LogP contribution in [0.1, 0.15) is 33.6 Å². The van der Waals surface area contributed by atoms with E-state index in [2.05, 4.69) is 5.32 Å². The fourth-order valence-electron chi connectivity index (χ4n) is 1.68. The Hall–Kier alpha value is -2.14. The fraction of sp³-hybridized carbons (Fsp3) is 0.692. The first kappa shape index (κ1) is 18.9. The quantitative estimate of drug-likeness (QED) is 0.356. The Bertz CT molecular complexity index is 411. The van der Waals surface area contributed by atoms with Crippen LogP contribution in [-0.4, -0.2) is 47.8 Å². The van der Waals surface area contributed by atoms with Crippen LogP contribution in [0.2, 0.25) is 0 Å². The van der Waals surface area contributed by atoms with Crippen LogP contribution in [0.5, 0.6) is 0 Å². The molecule has 0 saturated heterocycles. The minimum atomic E-state index is -2.06. The van der Waals surface area contributed by atoms with E-state index >= 15 is 0 Å². The summed E-state index contributed by atoms with van der Waals surface area (Å²) in [5.41, 5.74) is -2.06. The highest BCUT2D eigenvalue weighted by Crippen LogP contribution is 2.19. The van der Waals surface area contributed by atoms with Gasteiger partial charge in [-0.05, 0) is 26.7 Å². The first-order chi connectivity index (χ1) is 9.83. The van der Waals surface area contributed by atoms with Crippen molar-refractivity contribution in [3.05, 3.63) is 0 Å². The highest BCUT2D eigenvalue weighted by molar-refractivity contribution is 6.07. The number of nitriles is 1. The molecule has 8 nitrogen and oxygen atoms in total. The van der Waals surface area contributed by atoms with Crippen molar-refractivity contribution in [2.45, 2.75) is 45.3 Å². The molecule has 0 aliphatic rings. The van der Waals surface area contributed by atoms with E-state index in [9.17, 15) is 19.5 Å². The van der Waals surface area contributed by atoms with E-state index < -0.39 is 29.5 Å². The molecular formula is C13H20N2O6. The molecule has 0 aromatic heterocycles. The molecule has 2 N–H and O–H groups in total. The van der Waals surface area contributed by atoms with Crippen molar-refractivity contribution < 1.29 is 29.0 Å². The topological polar surface area (TPSA) is 126 Å². The number of aliphatic hydroxyl groups is 1. The highest BCUT2D eigenvalue weighted by Gasteiger charge is 2.49. The van der Waals surface area contributed by atoms with Gasteiger partial charge in [-0.1, -0.05) is 0 Å². The Kier molecular flexibility index (Phi) is 8.01. The number of hydrogen-bond donors (Lipinski definition) is 2. The number of carbonyl (C=O) groups excluding carboxylic acids is 3. The van der Waals surface area contributed by atoms with E-state index in [1.54, 1.807) is 19.9 Å². The van der Waals surface area contributed by atoms with Gasteiger partial charge in [0.1, 0.15) is 6.10 Å². The fourth-order valence-corrected chi connectivity index (χ4v) is 1.68. The van der Waals surface area contributed by atoms with E-state index in [1.807, 2.05) is 0 Å². The van der Waals surface area contributed by atoms with Crippen molar-refractivity contribution in [1.29, 1.82) is 5.26 Å². The molecule has 118 valence electrons. The number of aliphatic hydroxyl groups excluding tert-OH is 1. The summed E-state index contributed by atoms with van der Waals surface area (Å²) in [4.78, 5) is 35.6. The van der Waals surface area contributed by atoms with Gasteiger partial charge >= 0.3 is 11.9 Å². The van der Waals surface area contributed by atoms with Gasteiger partial charge in [0.05, 0.1) is 19.3 Å². The van der Waals surface area contributed by atoms with Crippen LogP contribution in [0.25, 0.3) is 0 Å². The number of nitrogens with zero attached hydrogens (tertiary/aromatic N) is 1. The van der Waals surface area contributed by atoms with Crippen LogP contribution in [0.15, 0.2) is 0 Å². The first-order valence-corrected chi connectivity index (χ1v) is 6.54.